The van der Waals surface area contributed by atoms with Gasteiger partial charge in [-0.25, -0.2) is 0 Å². The predicted molar refractivity (Wildman–Crippen MR) is 113 cm³/mol. The van der Waals surface area contributed by atoms with Crippen molar-refractivity contribution in [3.8, 4) is 11.4 Å². The number of nitrogens with one attached hydrogen (secondary N) is 1. The molecule has 7 heteroatoms. The molecule has 0 aliphatic carbocycles. The molecule has 0 aliphatic rings. The number of benzene rings is 1. The maximum Gasteiger partial charge on any atom is 0.237 e. The zero-order chi connectivity index (χ0) is 20.3. The van der Waals surface area contributed by atoms with Crippen LogP contribution in [0.1, 0.15) is 37.8 Å². The summed E-state index contributed by atoms with van der Waals surface area (Å²) in [6, 6.07) is 9.91. The summed E-state index contributed by atoms with van der Waals surface area (Å²) in [6.45, 7) is 8.15. The minimum atomic E-state index is -0.315. The van der Waals surface area contributed by atoms with E-state index < -0.39 is 0 Å². The third-order valence-corrected chi connectivity index (χ3v) is 5.72. The molecule has 3 rings (SSSR count). The Balaban J connectivity index is 1.75. The molecule has 1 amide bonds. The minimum Gasteiger partial charge on any atom is -0.325 e. The molecule has 0 radical (unpaired) electrons. The maximum absolute atomic E-state index is 12.8. The van der Waals surface area contributed by atoms with Crippen molar-refractivity contribution in [1.82, 2.24) is 19.7 Å². The number of para-hydroxylation sites is 1. The second-order valence-electron chi connectivity index (χ2n) is 7.05. The van der Waals surface area contributed by atoms with Crippen molar-refractivity contribution in [3.63, 3.8) is 0 Å². The number of amides is 1. The number of hydrogen-bond donors (Lipinski definition) is 1. The standard InChI is InChI=1S/C21H25N5OS/c1-13(2)17-10-6-8-14(3)18(17)23-20(27)15(4)28-21-25-24-19(26(21)5)16-9-7-11-22-12-16/h6-13,15H,1-5H3,(H,23,27). The van der Waals surface area contributed by atoms with E-state index in [-0.39, 0.29) is 11.2 Å². The Kier molecular flexibility index (Phi) is 6.14. The predicted octanol–water partition coefficient (Wildman–Crippen LogP) is 4.43. The van der Waals surface area contributed by atoms with Crippen LogP contribution in [-0.2, 0) is 11.8 Å². The summed E-state index contributed by atoms with van der Waals surface area (Å²) in [4.78, 5) is 17.0. The highest BCUT2D eigenvalue weighted by Crippen LogP contribution is 2.30. The lowest BCUT2D eigenvalue weighted by Gasteiger charge is -2.18. The molecular formula is C21H25N5OS. The van der Waals surface area contributed by atoms with Crippen molar-refractivity contribution in [2.24, 2.45) is 7.05 Å². The van der Waals surface area contributed by atoms with Crippen LogP contribution in [0.4, 0.5) is 5.69 Å². The monoisotopic (exact) mass is 395 g/mol. The first kappa shape index (κ1) is 20.1. The molecule has 0 bridgehead atoms. The Labute approximate surface area is 169 Å². The SMILES string of the molecule is Cc1cccc(C(C)C)c1NC(=O)C(C)Sc1nnc(-c2cccnc2)n1C. The Bertz CT molecular complexity index is 968. The second kappa shape index (κ2) is 8.56. The fourth-order valence-electron chi connectivity index (χ4n) is 2.94. The summed E-state index contributed by atoms with van der Waals surface area (Å²) in [5, 5.41) is 12.0. The highest BCUT2D eigenvalue weighted by Gasteiger charge is 2.21. The summed E-state index contributed by atoms with van der Waals surface area (Å²) in [5.41, 5.74) is 4.00. The second-order valence-corrected chi connectivity index (χ2v) is 8.36. The summed E-state index contributed by atoms with van der Waals surface area (Å²) in [6.07, 6.45) is 3.47. The quantitative estimate of drug-likeness (QED) is 0.625. The van der Waals surface area contributed by atoms with Gasteiger partial charge >= 0.3 is 0 Å². The van der Waals surface area contributed by atoms with Gasteiger partial charge in [-0.05, 0) is 43.0 Å². The Morgan fingerprint density at radius 1 is 1.14 bits per heavy atom. The Morgan fingerprint density at radius 2 is 1.93 bits per heavy atom. The lowest BCUT2D eigenvalue weighted by atomic mass is 9.98. The van der Waals surface area contributed by atoms with Crippen LogP contribution in [0.15, 0.2) is 47.9 Å². The van der Waals surface area contributed by atoms with Gasteiger partial charge in [-0.3, -0.25) is 9.78 Å². The van der Waals surface area contributed by atoms with Crippen LogP contribution >= 0.6 is 11.8 Å². The lowest BCUT2D eigenvalue weighted by molar-refractivity contribution is -0.115. The molecule has 0 fully saturated rings. The molecule has 0 saturated carbocycles. The van der Waals surface area contributed by atoms with E-state index in [4.69, 9.17) is 0 Å². The first-order chi connectivity index (χ1) is 13.4. The van der Waals surface area contributed by atoms with E-state index in [0.717, 1.165) is 28.2 Å². The van der Waals surface area contributed by atoms with Crippen LogP contribution in [0.3, 0.4) is 0 Å². The fourth-order valence-corrected chi connectivity index (χ4v) is 3.76. The number of pyridine rings is 1. The zero-order valence-corrected chi connectivity index (χ0v) is 17.6. The van der Waals surface area contributed by atoms with E-state index in [0.29, 0.717) is 11.1 Å². The molecule has 6 nitrogen and oxygen atoms in total. The number of aryl methyl sites for hydroxylation is 1. The van der Waals surface area contributed by atoms with Crippen molar-refractivity contribution in [1.29, 1.82) is 0 Å². The Morgan fingerprint density at radius 3 is 2.61 bits per heavy atom. The fraction of sp³-hybridized carbons (Fsp3) is 0.333. The van der Waals surface area contributed by atoms with Gasteiger partial charge in [-0.1, -0.05) is 43.8 Å². The van der Waals surface area contributed by atoms with Gasteiger partial charge in [0.05, 0.1) is 5.25 Å². The summed E-state index contributed by atoms with van der Waals surface area (Å²) in [5.74, 6) is 1.01. The zero-order valence-electron chi connectivity index (χ0n) is 16.8. The summed E-state index contributed by atoms with van der Waals surface area (Å²) in [7, 11) is 1.90. The van der Waals surface area contributed by atoms with Gasteiger partial charge in [0.25, 0.3) is 0 Å². The van der Waals surface area contributed by atoms with Gasteiger partial charge in [0, 0.05) is 30.7 Å². The Hall–Kier alpha value is -2.67. The van der Waals surface area contributed by atoms with Crippen molar-refractivity contribution in [2.75, 3.05) is 5.32 Å². The third kappa shape index (κ3) is 4.25. The highest BCUT2D eigenvalue weighted by atomic mass is 32.2. The van der Waals surface area contributed by atoms with Crippen LogP contribution in [0, 0.1) is 6.92 Å². The number of anilines is 1. The number of carbonyl (C=O) groups is 1. The first-order valence-electron chi connectivity index (χ1n) is 9.25. The number of rotatable bonds is 6. The van der Waals surface area contributed by atoms with Crippen LogP contribution in [0.2, 0.25) is 0 Å². The largest absolute Gasteiger partial charge is 0.325 e. The van der Waals surface area contributed by atoms with Crippen molar-refractivity contribution < 1.29 is 4.79 Å². The maximum atomic E-state index is 12.8. The van der Waals surface area contributed by atoms with E-state index in [1.54, 1.807) is 12.4 Å². The van der Waals surface area contributed by atoms with Gasteiger partial charge in [0.15, 0.2) is 11.0 Å². The molecule has 0 aliphatic heterocycles. The molecule has 2 heterocycles. The molecule has 1 aromatic carbocycles. The first-order valence-corrected chi connectivity index (χ1v) is 10.1. The molecular weight excluding hydrogens is 370 g/mol. The van der Waals surface area contributed by atoms with Gasteiger partial charge in [0.1, 0.15) is 0 Å². The van der Waals surface area contributed by atoms with Crippen molar-refractivity contribution in [2.45, 2.75) is 44.0 Å². The van der Waals surface area contributed by atoms with E-state index >= 15 is 0 Å². The number of carbonyl (C=O) groups excluding carboxylic acids is 1. The van der Waals surface area contributed by atoms with Crippen LogP contribution in [0.25, 0.3) is 11.4 Å². The summed E-state index contributed by atoms with van der Waals surface area (Å²) < 4.78 is 1.89. The topological polar surface area (TPSA) is 72.7 Å². The number of nitrogens with zero attached hydrogens (tertiary/aromatic N) is 4. The lowest BCUT2D eigenvalue weighted by Crippen LogP contribution is -2.24. The average Bonchev–Trinajstić information content (AvgIpc) is 3.04. The molecule has 1 unspecified atom stereocenters. The van der Waals surface area contributed by atoms with E-state index in [1.807, 2.05) is 49.7 Å². The smallest absolute Gasteiger partial charge is 0.237 e. The molecule has 0 saturated heterocycles. The van der Waals surface area contributed by atoms with Gasteiger partial charge in [-0.2, -0.15) is 0 Å². The number of aromatic nitrogens is 4. The van der Waals surface area contributed by atoms with Crippen LogP contribution < -0.4 is 5.32 Å². The van der Waals surface area contributed by atoms with Crippen molar-refractivity contribution >= 4 is 23.4 Å². The average molecular weight is 396 g/mol. The number of thioether (sulfide) groups is 1. The van der Waals surface area contributed by atoms with E-state index in [9.17, 15) is 4.79 Å². The van der Waals surface area contributed by atoms with Crippen LogP contribution in [0.5, 0.6) is 0 Å². The van der Waals surface area contributed by atoms with Crippen LogP contribution in [-0.4, -0.2) is 30.9 Å². The normalized spacial score (nSPS) is 12.2. The molecule has 1 N–H and O–H groups in total. The number of hydrogen-bond acceptors (Lipinski definition) is 5. The molecule has 3 aromatic rings. The van der Waals surface area contributed by atoms with Crippen molar-refractivity contribution in [3.05, 3.63) is 53.9 Å². The highest BCUT2D eigenvalue weighted by molar-refractivity contribution is 8.00. The molecule has 2 aromatic heterocycles. The minimum absolute atomic E-state index is 0.0490. The van der Waals surface area contributed by atoms with Gasteiger partial charge < -0.3 is 9.88 Å². The third-order valence-electron chi connectivity index (χ3n) is 4.58. The van der Waals surface area contributed by atoms with E-state index in [1.165, 1.54) is 11.8 Å². The van der Waals surface area contributed by atoms with Gasteiger partial charge in [-0.15, -0.1) is 10.2 Å². The van der Waals surface area contributed by atoms with Gasteiger partial charge in [0.2, 0.25) is 5.91 Å². The molecule has 0 spiro atoms. The van der Waals surface area contributed by atoms with E-state index in [2.05, 4.69) is 40.4 Å². The summed E-state index contributed by atoms with van der Waals surface area (Å²) >= 11 is 1.39. The molecule has 28 heavy (non-hydrogen) atoms. The molecule has 146 valence electrons. The molecule has 1 atom stereocenters.